The smallest absolute Gasteiger partial charge is 0.343 e. The van der Waals surface area contributed by atoms with Crippen molar-refractivity contribution in [1.29, 1.82) is 0 Å². The maximum atomic E-state index is 12.3. The average Bonchev–Trinajstić information content (AvgIpc) is 3.50. The predicted octanol–water partition coefficient (Wildman–Crippen LogP) is 4.72. The van der Waals surface area contributed by atoms with Crippen LogP contribution in [0.2, 0.25) is 0 Å². The number of carbonyl (C=O) groups is 1. The molecule has 1 heterocycles. The second-order valence-corrected chi connectivity index (χ2v) is 6.54. The third-order valence-electron chi connectivity index (χ3n) is 4.60. The number of benzene rings is 3. The quantitative estimate of drug-likeness (QED) is 0.375. The summed E-state index contributed by atoms with van der Waals surface area (Å²) in [5.41, 5.74) is 4.16. The van der Waals surface area contributed by atoms with Gasteiger partial charge in [0.15, 0.2) is 6.10 Å². The van der Waals surface area contributed by atoms with Crippen LogP contribution in [0.3, 0.4) is 0 Å². The van der Waals surface area contributed by atoms with E-state index in [0.29, 0.717) is 5.75 Å². The molecule has 0 spiro atoms. The van der Waals surface area contributed by atoms with Gasteiger partial charge in [-0.15, -0.1) is 0 Å². The average molecular weight is 360 g/mol. The van der Waals surface area contributed by atoms with Crippen LogP contribution in [0.25, 0.3) is 11.1 Å². The lowest BCUT2D eigenvalue weighted by molar-refractivity contribution is -0.135. The van der Waals surface area contributed by atoms with Crippen molar-refractivity contribution in [3.63, 3.8) is 0 Å². The van der Waals surface area contributed by atoms with Crippen molar-refractivity contribution in [3.8, 4) is 22.6 Å². The Hall–Kier alpha value is -3.11. The van der Waals surface area contributed by atoms with E-state index in [1.54, 1.807) is 19.2 Å². The molecule has 1 aliphatic rings. The third-order valence-corrected chi connectivity index (χ3v) is 4.60. The van der Waals surface area contributed by atoms with Crippen LogP contribution in [0.1, 0.15) is 17.2 Å². The van der Waals surface area contributed by atoms with Crippen molar-refractivity contribution in [3.05, 3.63) is 83.9 Å². The lowest BCUT2D eigenvalue weighted by Crippen LogP contribution is -2.15. The Bertz CT molecular complexity index is 948. The van der Waals surface area contributed by atoms with Crippen molar-refractivity contribution in [2.24, 2.45) is 0 Å². The van der Waals surface area contributed by atoms with Gasteiger partial charge in [0.2, 0.25) is 0 Å². The fraction of sp³-hybridized carbons (Fsp3) is 0.174. The molecule has 3 aromatic carbocycles. The lowest BCUT2D eigenvalue weighted by Gasteiger charge is -2.11. The standard InChI is InChI=1S/C23H20O4/c1-15-8-10-16(11-9-15)19-14-17(12-13-20(19)25-2)21-22(27-21)23(24)26-18-6-4-3-5-7-18/h3-14,21-22H,1-2H3. The molecule has 4 nitrogen and oxygen atoms in total. The first kappa shape index (κ1) is 17.3. The van der Waals surface area contributed by atoms with E-state index in [1.807, 2.05) is 36.4 Å². The molecule has 2 atom stereocenters. The predicted molar refractivity (Wildman–Crippen MR) is 103 cm³/mol. The topological polar surface area (TPSA) is 48.1 Å². The Labute approximate surface area is 158 Å². The number of carbonyl (C=O) groups excluding carboxylic acids is 1. The van der Waals surface area contributed by atoms with Crippen LogP contribution in [0.15, 0.2) is 72.8 Å². The second kappa shape index (κ2) is 7.25. The summed E-state index contributed by atoms with van der Waals surface area (Å²) in [5.74, 6) is 0.928. The van der Waals surface area contributed by atoms with Gasteiger partial charge in [-0.2, -0.15) is 0 Å². The molecule has 0 radical (unpaired) electrons. The number of esters is 1. The Morgan fingerprint density at radius 2 is 1.70 bits per heavy atom. The van der Waals surface area contributed by atoms with Crippen LogP contribution in [0, 0.1) is 6.92 Å². The molecule has 0 amide bonds. The molecule has 27 heavy (non-hydrogen) atoms. The van der Waals surface area contributed by atoms with Crippen LogP contribution in [-0.2, 0) is 9.53 Å². The van der Waals surface area contributed by atoms with Gasteiger partial charge in [0.1, 0.15) is 17.6 Å². The van der Waals surface area contributed by atoms with E-state index < -0.39 is 6.10 Å². The zero-order valence-corrected chi connectivity index (χ0v) is 15.2. The Morgan fingerprint density at radius 1 is 0.963 bits per heavy atom. The van der Waals surface area contributed by atoms with E-state index in [-0.39, 0.29) is 12.1 Å². The monoisotopic (exact) mass is 360 g/mol. The third kappa shape index (κ3) is 3.71. The molecule has 0 aliphatic carbocycles. The number of aryl methyl sites for hydroxylation is 1. The number of ether oxygens (including phenoxy) is 3. The molecule has 0 saturated carbocycles. The summed E-state index contributed by atoms with van der Waals surface area (Å²) in [6.07, 6.45) is -0.874. The molecule has 2 unspecified atom stereocenters. The zero-order valence-electron chi connectivity index (χ0n) is 15.2. The maximum absolute atomic E-state index is 12.3. The van der Waals surface area contributed by atoms with Gasteiger partial charge in [-0.3, -0.25) is 0 Å². The molecule has 3 aromatic rings. The van der Waals surface area contributed by atoms with Gasteiger partial charge in [-0.05, 0) is 42.3 Å². The van der Waals surface area contributed by atoms with Crippen molar-refractivity contribution >= 4 is 5.97 Å². The molecule has 136 valence electrons. The van der Waals surface area contributed by atoms with Crippen molar-refractivity contribution < 1.29 is 19.0 Å². The summed E-state index contributed by atoms with van der Waals surface area (Å²) in [4.78, 5) is 12.3. The summed E-state index contributed by atoms with van der Waals surface area (Å²) in [5, 5.41) is 0. The Kier molecular flexibility index (Phi) is 4.65. The summed E-state index contributed by atoms with van der Waals surface area (Å²) in [6, 6.07) is 23.1. The number of rotatable bonds is 5. The van der Waals surface area contributed by atoms with Gasteiger partial charge in [0.25, 0.3) is 0 Å². The van der Waals surface area contributed by atoms with E-state index in [9.17, 15) is 4.79 Å². The van der Waals surface area contributed by atoms with Gasteiger partial charge < -0.3 is 14.2 Å². The highest BCUT2D eigenvalue weighted by Crippen LogP contribution is 2.42. The molecule has 1 saturated heterocycles. The molecule has 4 rings (SSSR count). The molecule has 0 N–H and O–H groups in total. The number of hydrogen-bond donors (Lipinski definition) is 0. The van der Waals surface area contributed by atoms with Crippen LogP contribution in [0.4, 0.5) is 0 Å². The van der Waals surface area contributed by atoms with Crippen LogP contribution < -0.4 is 9.47 Å². The van der Waals surface area contributed by atoms with Crippen molar-refractivity contribution in [2.75, 3.05) is 7.11 Å². The normalized spacial score (nSPS) is 18.0. The fourth-order valence-electron chi connectivity index (χ4n) is 3.07. The molecule has 0 aromatic heterocycles. The van der Waals surface area contributed by atoms with Gasteiger partial charge in [0.05, 0.1) is 7.11 Å². The number of methoxy groups -OCH3 is 1. The number of hydrogen-bond acceptors (Lipinski definition) is 4. The number of epoxide rings is 1. The van der Waals surface area contributed by atoms with E-state index in [2.05, 4.69) is 31.2 Å². The van der Waals surface area contributed by atoms with E-state index in [0.717, 1.165) is 22.4 Å². The molecule has 0 bridgehead atoms. The van der Waals surface area contributed by atoms with E-state index in [1.165, 1.54) is 5.56 Å². The molecular weight excluding hydrogens is 340 g/mol. The minimum absolute atomic E-state index is 0.295. The molecule has 1 aliphatic heterocycles. The number of para-hydroxylation sites is 1. The maximum Gasteiger partial charge on any atom is 0.343 e. The van der Waals surface area contributed by atoms with Gasteiger partial charge in [-0.1, -0.05) is 54.1 Å². The van der Waals surface area contributed by atoms with E-state index >= 15 is 0 Å². The van der Waals surface area contributed by atoms with Crippen LogP contribution >= 0.6 is 0 Å². The first-order valence-electron chi connectivity index (χ1n) is 8.83. The van der Waals surface area contributed by atoms with Gasteiger partial charge in [0, 0.05) is 5.56 Å². The molecule has 4 heteroatoms. The van der Waals surface area contributed by atoms with Crippen molar-refractivity contribution in [1.82, 2.24) is 0 Å². The van der Waals surface area contributed by atoms with Crippen LogP contribution in [0.5, 0.6) is 11.5 Å². The Morgan fingerprint density at radius 3 is 2.41 bits per heavy atom. The van der Waals surface area contributed by atoms with Crippen molar-refractivity contribution in [2.45, 2.75) is 19.1 Å². The second-order valence-electron chi connectivity index (χ2n) is 6.54. The molecule has 1 fully saturated rings. The van der Waals surface area contributed by atoms with E-state index in [4.69, 9.17) is 14.2 Å². The zero-order chi connectivity index (χ0) is 18.8. The SMILES string of the molecule is COc1ccc(C2OC2C(=O)Oc2ccccc2)cc1-c1ccc(C)cc1. The summed E-state index contributed by atoms with van der Waals surface area (Å²) >= 11 is 0. The highest BCUT2D eigenvalue weighted by atomic mass is 16.6. The highest BCUT2D eigenvalue weighted by molar-refractivity contribution is 5.81. The summed E-state index contributed by atoms with van der Waals surface area (Å²) in [7, 11) is 1.65. The highest BCUT2D eigenvalue weighted by Gasteiger charge is 2.47. The first-order chi connectivity index (χ1) is 13.2. The minimum atomic E-state index is -0.579. The largest absolute Gasteiger partial charge is 0.496 e. The summed E-state index contributed by atoms with van der Waals surface area (Å²) < 4.78 is 16.5. The first-order valence-corrected chi connectivity index (χ1v) is 8.83. The fourth-order valence-corrected chi connectivity index (χ4v) is 3.07. The minimum Gasteiger partial charge on any atom is -0.496 e. The Balaban J connectivity index is 1.54. The van der Waals surface area contributed by atoms with Gasteiger partial charge in [-0.25, -0.2) is 4.79 Å². The van der Waals surface area contributed by atoms with Crippen LogP contribution in [-0.4, -0.2) is 19.2 Å². The lowest BCUT2D eigenvalue weighted by atomic mass is 9.99. The van der Waals surface area contributed by atoms with Gasteiger partial charge >= 0.3 is 5.97 Å². The summed E-state index contributed by atoms with van der Waals surface area (Å²) in [6.45, 7) is 2.05. The molecular formula is C23H20O4.